The van der Waals surface area contributed by atoms with Crippen molar-refractivity contribution >= 4 is 52.0 Å². The number of aromatic nitrogens is 1. The monoisotopic (exact) mass is 438 g/mol. The molecule has 0 fully saturated rings. The van der Waals surface area contributed by atoms with Gasteiger partial charge in [-0.05, 0) is 54.1 Å². The Morgan fingerprint density at radius 1 is 1.10 bits per heavy atom. The van der Waals surface area contributed by atoms with Crippen LogP contribution >= 0.6 is 23.2 Å². The summed E-state index contributed by atoms with van der Waals surface area (Å²) < 4.78 is 10.9. The molecule has 0 unspecified atom stereocenters. The Kier molecular flexibility index (Phi) is 5.74. The fraction of sp³-hybridized carbons (Fsp3) is 0.0435. The Morgan fingerprint density at radius 2 is 1.90 bits per heavy atom. The number of oxazole rings is 1. The quantitative estimate of drug-likeness (QED) is 0.363. The van der Waals surface area contributed by atoms with Crippen molar-refractivity contribution in [2.24, 2.45) is 0 Å². The number of anilines is 1. The molecule has 0 atom stereocenters. The van der Waals surface area contributed by atoms with Crippen LogP contribution in [0, 0.1) is 0 Å². The Hall–Kier alpha value is -3.28. The van der Waals surface area contributed by atoms with Gasteiger partial charge in [0.25, 0.3) is 0 Å². The van der Waals surface area contributed by atoms with Crippen LogP contribution in [0.25, 0.3) is 28.6 Å². The van der Waals surface area contributed by atoms with Crippen molar-refractivity contribution in [1.82, 2.24) is 4.98 Å². The van der Waals surface area contributed by atoms with E-state index in [0.717, 1.165) is 11.3 Å². The van der Waals surface area contributed by atoms with Crippen molar-refractivity contribution in [3.8, 4) is 17.2 Å². The van der Waals surface area contributed by atoms with E-state index < -0.39 is 0 Å². The van der Waals surface area contributed by atoms with E-state index in [1.165, 1.54) is 6.08 Å². The normalized spacial score (nSPS) is 11.2. The van der Waals surface area contributed by atoms with E-state index in [0.29, 0.717) is 38.3 Å². The fourth-order valence-corrected chi connectivity index (χ4v) is 3.41. The molecule has 1 amide bonds. The van der Waals surface area contributed by atoms with Gasteiger partial charge in [0.1, 0.15) is 11.3 Å². The molecule has 7 heteroatoms. The molecule has 0 saturated carbocycles. The van der Waals surface area contributed by atoms with Crippen LogP contribution < -0.4 is 10.1 Å². The zero-order valence-electron chi connectivity index (χ0n) is 15.9. The molecule has 1 N–H and O–H groups in total. The molecule has 1 aromatic heterocycles. The van der Waals surface area contributed by atoms with Crippen molar-refractivity contribution in [1.29, 1.82) is 0 Å². The number of hydrogen-bond donors (Lipinski definition) is 1. The van der Waals surface area contributed by atoms with Gasteiger partial charge in [-0.3, -0.25) is 4.79 Å². The van der Waals surface area contributed by atoms with E-state index in [1.54, 1.807) is 37.5 Å². The van der Waals surface area contributed by atoms with Crippen LogP contribution in [0.5, 0.6) is 5.75 Å². The summed E-state index contributed by atoms with van der Waals surface area (Å²) in [4.78, 5) is 16.7. The first kappa shape index (κ1) is 20.0. The third-order valence-corrected chi connectivity index (χ3v) is 4.83. The summed E-state index contributed by atoms with van der Waals surface area (Å²) in [5.41, 5.74) is 3.24. The van der Waals surface area contributed by atoms with E-state index in [9.17, 15) is 4.79 Å². The number of nitrogens with zero attached hydrogens (tertiary/aromatic N) is 1. The van der Waals surface area contributed by atoms with Crippen LogP contribution in [0.15, 0.2) is 71.2 Å². The summed E-state index contributed by atoms with van der Waals surface area (Å²) in [6, 6.07) is 17.9. The SMILES string of the molecule is COc1ccc(C=CC(=O)Nc2cccc(-c3nc4cc(Cl)cc(Cl)c4o3)c2)cc1. The van der Waals surface area contributed by atoms with Gasteiger partial charge in [0.2, 0.25) is 11.8 Å². The smallest absolute Gasteiger partial charge is 0.248 e. The number of fused-ring (bicyclic) bond motifs is 1. The van der Waals surface area contributed by atoms with Gasteiger partial charge in [0.15, 0.2) is 5.58 Å². The largest absolute Gasteiger partial charge is 0.497 e. The molecular weight excluding hydrogens is 423 g/mol. The molecule has 4 rings (SSSR count). The van der Waals surface area contributed by atoms with Crippen molar-refractivity contribution in [3.63, 3.8) is 0 Å². The van der Waals surface area contributed by atoms with Crippen LogP contribution in [0.1, 0.15) is 5.56 Å². The Morgan fingerprint density at radius 3 is 2.67 bits per heavy atom. The van der Waals surface area contributed by atoms with E-state index in [4.69, 9.17) is 32.4 Å². The van der Waals surface area contributed by atoms with Gasteiger partial charge in [-0.25, -0.2) is 4.98 Å². The van der Waals surface area contributed by atoms with Crippen LogP contribution in [0.2, 0.25) is 10.0 Å². The summed E-state index contributed by atoms with van der Waals surface area (Å²) >= 11 is 12.2. The number of carbonyl (C=O) groups excluding carboxylic acids is 1. The van der Waals surface area contributed by atoms with E-state index in [2.05, 4.69) is 10.3 Å². The van der Waals surface area contributed by atoms with Gasteiger partial charge in [0.05, 0.1) is 12.1 Å². The molecule has 0 bridgehead atoms. The molecule has 0 radical (unpaired) electrons. The minimum Gasteiger partial charge on any atom is -0.497 e. The van der Waals surface area contributed by atoms with E-state index in [-0.39, 0.29) is 5.91 Å². The van der Waals surface area contributed by atoms with Crippen molar-refractivity contribution in [3.05, 3.63) is 82.3 Å². The number of methoxy groups -OCH3 is 1. The van der Waals surface area contributed by atoms with Crippen LogP contribution in [-0.4, -0.2) is 18.0 Å². The standard InChI is InChI=1S/C23H16Cl2N2O3/c1-29-18-8-5-14(6-9-18)7-10-21(28)26-17-4-2-3-15(11-17)23-27-20-13-16(24)12-19(25)22(20)30-23/h2-13H,1H3,(H,26,28). The molecule has 30 heavy (non-hydrogen) atoms. The van der Waals surface area contributed by atoms with Gasteiger partial charge in [-0.15, -0.1) is 0 Å². The highest BCUT2D eigenvalue weighted by Gasteiger charge is 2.13. The summed E-state index contributed by atoms with van der Waals surface area (Å²) in [6.45, 7) is 0. The zero-order valence-corrected chi connectivity index (χ0v) is 17.4. The molecule has 150 valence electrons. The number of amides is 1. The number of nitrogens with one attached hydrogen (secondary N) is 1. The first-order valence-electron chi connectivity index (χ1n) is 9.01. The maximum Gasteiger partial charge on any atom is 0.248 e. The molecule has 0 saturated heterocycles. The minimum atomic E-state index is -0.254. The Bertz CT molecular complexity index is 1250. The Labute approximate surface area is 182 Å². The highest BCUT2D eigenvalue weighted by molar-refractivity contribution is 6.38. The van der Waals surface area contributed by atoms with Gasteiger partial charge in [-0.1, -0.05) is 41.4 Å². The van der Waals surface area contributed by atoms with Gasteiger partial charge in [0, 0.05) is 22.3 Å². The topological polar surface area (TPSA) is 64.4 Å². The van der Waals surface area contributed by atoms with E-state index >= 15 is 0 Å². The van der Waals surface area contributed by atoms with Crippen LogP contribution in [0.3, 0.4) is 0 Å². The first-order chi connectivity index (χ1) is 14.5. The summed E-state index contributed by atoms with van der Waals surface area (Å²) in [5.74, 6) is 0.894. The number of benzene rings is 3. The summed E-state index contributed by atoms with van der Waals surface area (Å²) in [5, 5.41) is 3.71. The lowest BCUT2D eigenvalue weighted by molar-refractivity contribution is -0.111. The summed E-state index contributed by atoms with van der Waals surface area (Å²) in [7, 11) is 1.61. The highest BCUT2D eigenvalue weighted by atomic mass is 35.5. The molecule has 0 aliphatic rings. The maximum atomic E-state index is 12.3. The predicted molar refractivity (Wildman–Crippen MR) is 120 cm³/mol. The average molecular weight is 439 g/mol. The number of carbonyl (C=O) groups is 1. The molecule has 3 aromatic carbocycles. The molecule has 1 heterocycles. The molecule has 0 aliphatic heterocycles. The Balaban J connectivity index is 1.51. The maximum absolute atomic E-state index is 12.3. The van der Waals surface area contributed by atoms with Crippen molar-refractivity contribution in [2.45, 2.75) is 0 Å². The van der Waals surface area contributed by atoms with Crippen LogP contribution in [0.4, 0.5) is 5.69 Å². The molecule has 0 spiro atoms. The number of rotatable bonds is 5. The van der Waals surface area contributed by atoms with Gasteiger partial charge >= 0.3 is 0 Å². The van der Waals surface area contributed by atoms with Crippen LogP contribution in [-0.2, 0) is 4.79 Å². The fourth-order valence-electron chi connectivity index (χ4n) is 2.88. The van der Waals surface area contributed by atoms with E-state index in [1.807, 2.05) is 36.4 Å². The third kappa shape index (κ3) is 4.48. The lowest BCUT2D eigenvalue weighted by atomic mass is 10.2. The zero-order chi connectivity index (χ0) is 21.1. The number of halogens is 2. The highest BCUT2D eigenvalue weighted by Crippen LogP contribution is 2.32. The second kappa shape index (κ2) is 8.61. The molecule has 0 aliphatic carbocycles. The third-order valence-electron chi connectivity index (χ3n) is 4.33. The minimum absolute atomic E-state index is 0.254. The molecule has 4 aromatic rings. The molecule has 5 nitrogen and oxygen atoms in total. The summed E-state index contributed by atoms with van der Waals surface area (Å²) in [6.07, 6.45) is 3.20. The van der Waals surface area contributed by atoms with Gasteiger partial charge in [-0.2, -0.15) is 0 Å². The lowest BCUT2D eigenvalue weighted by Gasteiger charge is -2.04. The number of ether oxygens (including phenoxy) is 1. The first-order valence-corrected chi connectivity index (χ1v) is 9.76. The van der Waals surface area contributed by atoms with Crippen molar-refractivity contribution < 1.29 is 13.9 Å². The average Bonchev–Trinajstić information content (AvgIpc) is 3.17. The number of hydrogen-bond acceptors (Lipinski definition) is 4. The lowest BCUT2D eigenvalue weighted by Crippen LogP contribution is -2.07. The molecular formula is C23H16Cl2N2O3. The van der Waals surface area contributed by atoms with Crippen molar-refractivity contribution in [2.75, 3.05) is 12.4 Å². The second-order valence-corrected chi connectivity index (χ2v) is 7.28. The predicted octanol–water partition coefficient (Wildman–Crippen LogP) is 6.46. The second-order valence-electron chi connectivity index (χ2n) is 6.43. The van der Waals surface area contributed by atoms with Gasteiger partial charge < -0.3 is 14.5 Å².